The summed E-state index contributed by atoms with van der Waals surface area (Å²) < 4.78 is 43.0. The van der Waals surface area contributed by atoms with Gasteiger partial charge in [-0.05, 0) is 76.6 Å². The second kappa shape index (κ2) is 18.2. The molecule has 4 unspecified atom stereocenters. The number of fused-ring (bicyclic) bond motifs is 4. The van der Waals surface area contributed by atoms with Gasteiger partial charge >= 0.3 is 22.3 Å². The Morgan fingerprint density at radius 3 is 1.19 bits per heavy atom. The molecule has 2 aromatic rings. The number of carbonyl (C=O) groups is 2. The van der Waals surface area contributed by atoms with Crippen molar-refractivity contribution in [1.29, 1.82) is 0 Å². The minimum absolute atomic E-state index is 0. The molecule has 4 fully saturated rings. The predicted octanol–water partition coefficient (Wildman–Crippen LogP) is 2.38. The highest BCUT2D eigenvalue weighted by Gasteiger charge is 2.41. The summed E-state index contributed by atoms with van der Waals surface area (Å²) in [5.74, 6) is -1.72. The second-order valence-electron chi connectivity index (χ2n) is 12.9. The number of aliphatic hydroxyl groups is 2. The van der Waals surface area contributed by atoms with Crippen molar-refractivity contribution >= 4 is 22.3 Å². The fraction of sp³-hybridized carbons (Fsp3) is 0.588. The molecular weight excluding hydrogens is 644 g/mol. The lowest BCUT2D eigenvalue weighted by atomic mass is 9.98. The van der Waals surface area contributed by atoms with Crippen molar-refractivity contribution in [2.24, 2.45) is 0 Å². The van der Waals surface area contributed by atoms with Gasteiger partial charge in [0.2, 0.25) is 0 Å². The molecule has 0 radical (unpaired) electrons. The monoisotopic (exact) mass is 694 g/mol. The summed E-state index contributed by atoms with van der Waals surface area (Å²) in [5, 5.41) is 19.1. The van der Waals surface area contributed by atoms with E-state index < -0.39 is 22.2 Å². The van der Waals surface area contributed by atoms with E-state index in [-0.39, 0.29) is 42.8 Å². The molecule has 13 nitrogen and oxygen atoms in total. The molecular formula is C34H50N2O11S. The maximum Gasteiger partial charge on any atom is 0.394 e. The highest BCUT2D eigenvalue weighted by Crippen LogP contribution is 2.37. The van der Waals surface area contributed by atoms with Crippen LogP contribution in [0.4, 0.5) is 0 Å². The first kappa shape index (κ1) is 39.5. The van der Waals surface area contributed by atoms with Gasteiger partial charge in [-0.3, -0.25) is 18.7 Å². The molecule has 14 heteroatoms. The lowest BCUT2D eigenvalue weighted by Gasteiger charge is -2.36. The van der Waals surface area contributed by atoms with Crippen molar-refractivity contribution in [3.05, 3.63) is 71.8 Å². The van der Waals surface area contributed by atoms with Gasteiger partial charge in [-0.1, -0.05) is 60.7 Å². The van der Waals surface area contributed by atoms with E-state index in [9.17, 15) is 19.8 Å². The molecule has 8 atom stereocenters. The van der Waals surface area contributed by atoms with Crippen LogP contribution < -0.4 is 0 Å². The van der Waals surface area contributed by atoms with E-state index in [1.165, 1.54) is 25.7 Å². The Balaban J connectivity index is 0.000000225. The normalized spacial score (nSPS) is 27.5. The number of benzene rings is 2. The number of hydrogen-bond acceptors (Lipinski definition) is 10. The topological polar surface area (TPSA) is 206 Å². The van der Waals surface area contributed by atoms with Crippen molar-refractivity contribution in [2.75, 3.05) is 27.3 Å². The number of ether oxygens (including phenoxy) is 2. The molecule has 2 aromatic carbocycles. The number of nitrogens with zero attached hydrogens (tertiary/aromatic N) is 2. The number of carbonyl (C=O) groups excluding carboxylic acids is 2. The van der Waals surface area contributed by atoms with Gasteiger partial charge in [0.1, 0.15) is 24.0 Å². The zero-order chi connectivity index (χ0) is 34.1. The third-order valence-corrected chi connectivity index (χ3v) is 10.0. The first-order chi connectivity index (χ1) is 22.4. The predicted molar refractivity (Wildman–Crippen MR) is 178 cm³/mol. The van der Waals surface area contributed by atoms with Crippen LogP contribution >= 0.6 is 0 Å². The van der Waals surface area contributed by atoms with Crippen LogP contribution in [0.15, 0.2) is 60.7 Å². The molecule has 0 spiro atoms. The van der Waals surface area contributed by atoms with Crippen molar-refractivity contribution in [3.63, 3.8) is 0 Å². The number of hydrogen-bond donors (Lipinski definition) is 4. The van der Waals surface area contributed by atoms with Gasteiger partial charge in [0.25, 0.3) is 0 Å². The third kappa shape index (κ3) is 11.0. The molecule has 6 rings (SSSR count). The summed E-state index contributed by atoms with van der Waals surface area (Å²) in [5.41, 5.74) is 1.64. The molecule has 4 saturated heterocycles. The first-order valence-electron chi connectivity index (χ1n) is 16.2. The average Bonchev–Trinajstić information content (AvgIpc) is 3.34. The molecule has 0 aliphatic carbocycles. The molecule has 4 aliphatic rings. The minimum atomic E-state index is -4.67. The molecule has 0 saturated carbocycles. The molecule has 4 bridgehead atoms. The Bertz CT molecular complexity index is 1270. The van der Waals surface area contributed by atoms with Gasteiger partial charge in [0.05, 0.1) is 13.2 Å². The highest BCUT2D eigenvalue weighted by atomic mass is 32.3. The second-order valence-corrected chi connectivity index (χ2v) is 13.8. The molecule has 6 N–H and O–H groups in total. The standard InChI is InChI=1S/2C17H23NO3.H2O4S.H2O/c2*1-18-13-7-8-14(18)10-15(9-13)21-17(20)16(11-19)12-5-3-2-4-6-12;1-5(2,3)4;/h2*2-6,13-16,19H,7-11H2,1H3;(H2,1,2,3,4);1H2/t2*13-,14+,15?,16?;;. The summed E-state index contributed by atoms with van der Waals surface area (Å²) >= 11 is 0. The van der Waals surface area contributed by atoms with Gasteiger partial charge in [-0.15, -0.1) is 0 Å². The Hall–Kier alpha value is -2.95. The van der Waals surface area contributed by atoms with Gasteiger partial charge in [0.15, 0.2) is 0 Å². The van der Waals surface area contributed by atoms with Crippen molar-refractivity contribution in [1.82, 2.24) is 9.80 Å². The molecule has 4 aliphatic heterocycles. The number of aliphatic hydroxyl groups excluding tert-OH is 2. The Labute approximate surface area is 282 Å². The highest BCUT2D eigenvalue weighted by molar-refractivity contribution is 7.79. The Morgan fingerprint density at radius 2 is 0.938 bits per heavy atom. The van der Waals surface area contributed by atoms with Crippen LogP contribution in [0, 0.1) is 0 Å². The molecule has 4 heterocycles. The third-order valence-electron chi connectivity index (χ3n) is 10.0. The smallest absolute Gasteiger partial charge is 0.394 e. The van der Waals surface area contributed by atoms with Crippen LogP contribution in [-0.2, 0) is 29.5 Å². The van der Waals surface area contributed by atoms with E-state index in [1.807, 2.05) is 60.7 Å². The Kier molecular flexibility index (Phi) is 14.9. The molecule has 268 valence electrons. The van der Waals surface area contributed by atoms with E-state index in [4.69, 9.17) is 27.0 Å². The number of esters is 2. The van der Waals surface area contributed by atoms with Gasteiger partial charge < -0.3 is 35.0 Å². The average molecular weight is 695 g/mol. The van der Waals surface area contributed by atoms with Crippen LogP contribution in [0.2, 0.25) is 0 Å². The van der Waals surface area contributed by atoms with E-state index in [0.29, 0.717) is 24.2 Å². The molecule has 0 amide bonds. The van der Waals surface area contributed by atoms with E-state index in [1.54, 1.807) is 0 Å². The number of rotatable bonds is 8. The van der Waals surface area contributed by atoms with Crippen LogP contribution in [0.1, 0.15) is 74.3 Å². The van der Waals surface area contributed by atoms with Crippen LogP contribution in [0.5, 0.6) is 0 Å². The summed E-state index contributed by atoms with van der Waals surface area (Å²) in [6.07, 6.45) is 8.52. The van der Waals surface area contributed by atoms with Gasteiger partial charge in [-0.2, -0.15) is 8.42 Å². The zero-order valence-corrected chi connectivity index (χ0v) is 28.3. The van der Waals surface area contributed by atoms with Gasteiger partial charge in [0, 0.05) is 24.2 Å². The first-order valence-corrected chi connectivity index (χ1v) is 17.6. The lowest BCUT2D eigenvalue weighted by Crippen LogP contribution is -2.43. The maximum absolute atomic E-state index is 12.4. The molecule has 48 heavy (non-hydrogen) atoms. The summed E-state index contributed by atoms with van der Waals surface area (Å²) in [6.45, 7) is -0.412. The summed E-state index contributed by atoms with van der Waals surface area (Å²) in [7, 11) is -0.332. The van der Waals surface area contributed by atoms with Crippen LogP contribution in [0.3, 0.4) is 0 Å². The van der Waals surface area contributed by atoms with Crippen LogP contribution in [-0.4, -0.2) is 119 Å². The summed E-state index contributed by atoms with van der Waals surface area (Å²) in [6, 6.07) is 20.9. The number of piperidine rings is 2. The SMILES string of the molecule is CN1[C@@H]2CC[C@H]1CC(OC(=O)C(CO)c1ccccc1)C2.CN1[C@@H]2CC[C@H]1CC(OC(=O)C(CO)c1ccccc1)C2.O.O=S(=O)(O)O. The van der Waals surface area contributed by atoms with Crippen LogP contribution in [0.25, 0.3) is 0 Å². The van der Waals surface area contributed by atoms with Crippen molar-refractivity contribution < 1.29 is 52.3 Å². The fourth-order valence-electron chi connectivity index (χ4n) is 7.41. The van der Waals surface area contributed by atoms with Gasteiger partial charge in [-0.25, -0.2) is 0 Å². The molecule has 0 aromatic heterocycles. The zero-order valence-electron chi connectivity index (χ0n) is 27.5. The van der Waals surface area contributed by atoms with Crippen molar-refractivity contribution in [2.45, 2.75) is 99.6 Å². The van der Waals surface area contributed by atoms with E-state index in [0.717, 1.165) is 36.8 Å². The van der Waals surface area contributed by atoms with Crippen molar-refractivity contribution in [3.8, 4) is 0 Å². The summed E-state index contributed by atoms with van der Waals surface area (Å²) in [4.78, 5) is 29.6. The Morgan fingerprint density at radius 1 is 0.667 bits per heavy atom. The largest absolute Gasteiger partial charge is 0.462 e. The quantitative estimate of drug-likeness (QED) is 0.232. The van der Waals surface area contributed by atoms with E-state index in [2.05, 4.69) is 23.9 Å². The minimum Gasteiger partial charge on any atom is -0.462 e. The van der Waals surface area contributed by atoms with E-state index >= 15 is 0 Å². The lowest BCUT2D eigenvalue weighted by molar-refractivity contribution is -0.156. The maximum atomic E-state index is 12.4. The fourth-order valence-corrected chi connectivity index (χ4v) is 7.41.